The van der Waals surface area contributed by atoms with Gasteiger partial charge in [0.05, 0.1) is 5.69 Å². The van der Waals surface area contributed by atoms with Crippen LogP contribution in [0.1, 0.15) is 52.1 Å². The molecule has 1 atom stereocenters. The van der Waals surface area contributed by atoms with Crippen molar-refractivity contribution < 1.29 is 0 Å². The second kappa shape index (κ2) is 5.87. The molecular formula is C15H26N4. The number of nitrogens with zero attached hydrogens (tertiary/aromatic N) is 2. The van der Waals surface area contributed by atoms with Gasteiger partial charge in [-0.25, -0.2) is 9.97 Å². The second-order valence-corrected chi connectivity index (χ2v) is 6.55. The van der Waals surface area contributed by atoms with E-state index in [2.05, 4.69) is 36.1 Å². The second-order valence-electron chi connectivity index (χ2n) is 6.55. The molecule has 1 heterocycles. The van der Waals surface area contributed by atoms with Gasteiger partial charge in [0.2, 0.25) is 5.95 Å². The summed E-state index contributed by atoms with van der Waals surface area (Å²) < 4.78 is 0. The summed E-state index contributed by atoms with van der Waals surface area (Å²) in [6, 6.07) is 2.29. The molecule has 1 aliphatic carbocycles. The van der Waals surface area contributed by atoms with Gasteiger partial charge in [-0.05, 0) is 24.8 Å². The molecule has 19 heavy (non-hydrogen) atoms. The quantitative estimate of drug-likeness (QED) is 0.875. The first-order valence-electron chi connectivity index (χ1n) is 7.31. The van der Waals surface area contributed by atoms with Gasteiger partial charge in [0, 0.05) is 24.2 Å². The predicted molar refractivity (Wildman–Crippen MR) is 79.2 cm³/mol. The van der Waals surface area contributed by atoms with Crippen molar-refractivity contribution in [2.75, 3.05) is 11.9 Å². The average Bonchev–Trinajstić information content (AvgIpc) is 2.89. The molecule has 1 aromatic heterocycles. The summed E-state index contributed by atoms with van der Waals surface area (Å²) in [5.74, 6) is 1.39. The molecule has 1 fully saturated rings. The summed E-state index contributed by atoms with van der Waals surface area (Å²) >= 11 is 0. The molecule has 0 saturated heterocycles. The Morgan fingerprint density at radius 2 is 2.05 bits per heavy atom. The van der Waals surface area contributed by atoms with Crippen molar-refractivity contribution in [1.82, 2.24) is 9.97 Å². The van der Waals surface area contributed by atoms with Crippen LogP contribution in [-0.4, -0.2) is 22.6 Å². The zero-order chi connectivity index (χ0) is 13.9. The maximum atomic E-state index is 5.91. The summed E-state index contributed by atoms with van der Waals surface area (Å²) in [6.45, 7) is 7.14. The van der Waals surface area contributed by atoms with E-state index >= 15 is 0 Å². The van der Waals surface area contributed by atoms with Crippen molar-refractivity contribution in [3.05, 3.63) is 18.0 Å². The van der Waals surface area contributed by atoms with E-state index in [0.717, 1.165) is 11.6 Å². The fourth-order valence-corrected chi connectivity index (χ4v) is 2.74. The van der Waals surface area contributed by atoms with Gasteiger partial charge in [0.25, 0.3) is 0 Å². The van der Waals surface area contributed by atoms with Crippen LogP contribution in [0.4, 0.5) is 5.95 Å². The van der Waals surface area contributed by atoms with Gasteiger partial charge in [-0.15, -0.1) is 0 Å². The van der Waals surface area contributed by atoms with Crippen molar-refractivity contribution in [2.24, 2.45) is 11.7 Å². The van der Waals surface area contributed by atoms with Crippen LogP contribution in [-0.2, 0) is 5.41 Å². The van der Waals surface area contributed by atoms with Crippen molar-refractivity contribution in [2.45, 2.75) is 57.9 Å². The van der Waals surface area contributed by atoms with Crippen LogP contribution in [0, 0.1) is 5.92 Å². The summed E-state index contributed by atoms with van der Waals surface area (Å²) in [6.07, 6.45) is 7.03. The molecule has 1 unspecified atom stereocenters. The Hall–Kier alpha value is -1.16. The van der Waals surface area contributed by atoms with E-state index in [1.807, 2.05) is 12.3 Å². The van der Waals surface area contributed by atoms with Crippen LogP contribution in [0.5, 0.6) is 0 Å². The third kappa shape index (κ3) is 3.66. The molecule has 1 aromatic rings. The molecule has 0 aliphatic heterocycles. The van der Waals surface area contributed by atoms with Crippen LogP contribution < -0.4 is 11.1 Å². The highest BCUT2D eigenvalue weighted by atomic mass is 15.1. The smallest absolute Gasteiger partial charge is 0.223 e. The first-order valence-corrected chi connectivity index (χ1v) is 7.31. The van der Waals surface area contributed by atoms with Gasteiger partial charge < -0.3 is 11.1 Å². The van der Waals surface area contributed by atoms with E-state index in [0.29, 0.717) is 18.5 Å². The van der Waals surface area contributed by atoms with E-state index in [9.17, 15) is 0 Å². The van der Waals surface area contributed by atoms with E-state index in [1.54, 1.807) is 0 Å². The molecule has 106 valence electrons. The monoisotopic (exact) mass is 262 g/mol. The van der Waals surface area contributed by atoms with Crippen molar-refractivity contribution in [3.63, 3.8) is 0 Å². The molecule has 0 spiro atoms. The first-order chi connectivity index (χ1) is 9.00. The van der Waals surface area contributed by atoms with E-state index in [-0.39, 0.29) is 5.41 Å². The summed E-state index contributed by atoms with van der Waals surface area (Å²) in [7, 11) is 0. The number of anilines is 1. The van der Waals surface area contributed by atoms with Gasteiger partial charge in [0.1, 0.15) is 0 Å². The van der Waals surface area contributed by atoms with Gasteiger partial charge in [0.15, 0.2) is 0 Å². The normalized spacial score (nSPS) is 18.5. The predicted octanol–water partition coefficient (Wildman–Crippen LogP) is 2.70. The Balaban J connectivity index is 2.09. The fourth-order valence-electron chi connectivity index (χ4n) is 2.74. The number of nitrogens with two attached hydrogens (primary N) is 1. The highest BCUT2D eigenvalue weighted by Gasteiger charge is 2.25. The van der Waals surface area contributed by atoms with Crippen LogP contribution in [0.15, 0.2) is 12.3 Å². The Kier molecular flexibility index (Phi) is 4.40. The van der Waals surface area contributed by atoms with Gasteiger partial charge >= 0.3 is 0 Å². The Bertz CT molecular complexity index is 405. The molecule has 0 radical (unpaired) electrons. The fraction of sp³-hybridized carbons (Fsp3) is 0.733. The maximum Gasteiger partial charge on any atom is 0.223 e. The lowest BCUT2D eigenvalue weighted by atomic mass is 9.92. The number of hydrogen-bond acceptors (Lipinski definition) is 4. The zero-order valence-electron chi connectivity index (χ0n) is 12.3. The van der Waals surface area contributed by atoms with Crippen molar-refractivity contribution >= 4 is 5.95 Å². The molecular weight excluding hydrogens is 236 g/mol. The number of aromatic nitrogens is 2. The molecule has 4 heteroatoms. The number of rotatable bonds is 4. The number of hydrogen-bond donors (Lipinski definition) is 2. The molecule has 3 N–H and O–H groups in total. The summed E-state index contributed by atoms with van der Waals surface area (Å²) in [4.78, 5) is 8.96. The minimum atomic E-state index is 0.0466. The van der Waals surface area contributed by atoms with Crippen molar-refractivity contribution in [3.8, 4) is 0 Å². The lowest BCUT2D eigenvalue weighted by Crippen LogP contribution is -2.36. The third-order valence-corrected chi connectivity index (χ3v) is 3.96. The minimum absolute atomic E-state index is 0.0466. The van der Waals surface area contributed by atoms with Gasteiger partial charge in [-0.1, -0.05) is 33.6 Å². The van der Waals surface area contributed by atoms with Crippen LogP contribution in [0.25, 0.3) is 0 Å². The van der Waals surface area contributed by atoms with Gasteiger partial charge in [-0.2, -0.15) is 0 Å². The van der Waals surface area contributed by atoms with Crippen LogP contribution in [0.3, 0.4) is 0 Å². The highest BCUT2D eigenvalue weighted by Crippen LogP contribution is 2.29. The standard InChI is InChI=1S/C15H26N4/c1-15(2,3)13-8-9-17-14(19-13)18-12(10-16)11-6-4-5-7-11/h8-9,11-12H,4-7,10,16H2,1-3H3,(H,17,18,19). The van der Waals surface area contributed by atoms with Crippen LogP contribution >= 0.6 is 0 Å². The average molecular weight is 262 g/mol. The van der Waals surface area contributed by atoms with Crippen molar-refractivity contribution in [1.29, 1.82) is 0 Å². The Morgan fingerprint density at radius 3 is 2.63 bits per heavy atom. The Morgan fingerprint density at radius 1 is 1.37 bits per heavy atom. The third-order valence-electron chi connectivity index (χ3n) is 3.96. The molecule has 4 nitrogen and oxygen atoms in total. The van der Waals surface area contributed by atoms with E-state index in [1.165, 1.54) is 25.7 Å². The molecule has 1 saturated carbocycles. The summed E-state index contributed by atoms with van der Waals surface area (Å²) in [5.41, 5.74) is 7.02. The lowest BCUT2D eigenvalue weighted by Gasteiger charge is -2.24. The highest BCUT2D eigenvalue weighted by molar-refractivity contribution is 5.29. The molecule has 1 aliphatic rings. The summed E-state index contributed by atoms with van der Waals surface area (Å²) in [5, 5.41) is 3.44. The SMILES string of the molecule is CC(C)(C)c1ccnc(NC(CN)C2CCCC2)n1. The Labute approximate surface area is 116 Å². The van der Waals surface area contributed by atoms with E-state index < -0.39 is 0 Å². The topological polar surface area (TPSA) is 63.8 Å². The van der Waals surface area contributed by atoms with E-state index in [4.69, 9.17) is 5.73 Å². The van der Waals surface area contributed by atoms with Gasteiger partial charge in [-0.3, -0.25) is 0 Å². The molecule has 0 bridgehead atoms. The first kappa shape index (κ1) is 14.3. The molecule has 2 rings (SSSR count). The number of nitrogens with one attached hydrogen (secondary N) is 1. The molecule has 0 aromatic carbocycles. The molecule has 0 amide bonds. The largest absolute Gasteiger partial charge is 0.350 e. The minimum Gasteiger partial charge on any atom is -0.350 e. The van der Waals surface area contributed by atoms with Crippen LogP contribution in [0.2, 0.25) is 0 Å². The zero-order valence-corrected chi connectivity index (χ0v) is 12.3. The maximum absolute atomic E-state index is 5.91. The lowest BCUT2D eigenvalue weighted by molar-refractivity contribution is 0.459.